The molecular formula is C26H27N3O6S. The molecule has 1 amide bonds. The Morgan fingerprint density at radius 1 is 1.03 bits per heavy atom. The number of hydrogen-bond donors (Lipinski definition) is 1. The minimum atomic E-state index is -4.01. The van der Waals surface area contributed by atoms with Crippen molar-refractivity contribution in [2.75, 3.05) is 33.4 Å². The number of hydrogen-bond acceptors (Lipinski definition) is 7. The Bertz CT molecular complexity index is 1310. The van der Waals surface area contributed by atoms with Crippen molar-refractivity contribution in [3.63, 3.8) is 0 Å². The molecule has 36 heavy (non-hydrogen) atoms. The second kappa shape index (κ2) is 11.7. The van der Waals surface area contributed by atoms with Gasteiger partial charge in [-0.3, -0.25) is 4.79 Å². The van der Waals surface area contributed by atoms with E-state index in [2.05, 4.69) is 10.5 Å². The second-order valence-corrected chi connectivity index (χ2v) is 9.88. The van der Waals surface area contributed by atoms with Gasteiger partial charge in [0.1, 0.15) is 19.0 Å². The predicted molar refractivity (Wildman–Crippen MR) is 135 cm³/mol. The van der Waals surface area contributed by atoms with Crippen molar-refractivity contribution in [3.8, 4) is 17.2 Å². The molecule has 0 fully saturated rings. The quantitative estimate of drug-likeness (QED) is 0.333. The molecular weight excluding hydrogens is 482 g/mol. The molecule has 0 radical (unpaired) electrons. The highest BCUT2D eigenvalue weighted by atomic mass is 32.2. The lowest BCUT2D eigenvalue weighted by Gasteiger charge is -2.23. The maximum absolute atomic E-state index is 13.5. The van der Waals surface area contributed by atoms with Crippen LogP contribution in [0.25, 0.3) is 0 Å². The first kappa shape index (κ1) is 25.2. The molecule has 1 N–H and O–H groups in total. The molecule has 0 bridgehead atoms. The van der Waals surface area contributed by atoms with Crippen LogP contribution in [0.1, 0.15) is 11.1 Å². The average molecular weight is 510 g/mol. The van der Waals surface area contributed by atoms with E-state index in [9.17, 15) is 13.2 Å². The number of carbonyl (C=O) groups excluding carboxylic acids is 1. The number of fused-ring (bicyclic) bond motifs is 1. The first-order chi connectivity index (χ1) is 17.5. The lowest BCUT2D eigenvalue weighted by molar-refractivity contribution is -0.121. The summed E-state index contributed by atoms with van der Waals surface area (Å²) in [6, 6.07) is 21.0. The van der Waals surface area contributed by atoms with Crippen molar-refractivity contribution in [1.82, 2.24) is 9.73 Å². The van der Waals surface area contributed by atoms with Gasteiger partial charge in [-0.25, -0.2) is 13.8 Å². The highest BCUT2D eigenvalue weighted by molar-refractivity contribution is 7.89. The van der Waals surface area contributed by atoms with Crippen LogP contribution >= 0.6 is 0 Å². The molecule has 1 aliphatic rings. The molecule has 188 valence electrons. The maximum Gasteiger partial charge on any atom is 0.255 e. The van der Waals surface area contributed by atoms with Crippen LogP contribution in [0.4, 0.5) is 0 Å². The topological polar surface area (TPSA) is 107 Å². The first-order valence-electron chi connectivity index (χ1n) is 11.4. The molecule has 0 aliphatic carbocycles. The number of nitrogens with one attached hydrogen (secondary N) is 1. The van der Waals surface area contributed by atoms with Crippen molar-refractivity contribution in [2.45, 2.75) is 11.3 Å². The van der Waals surface area contributed by atoms with Crippen LogP contribution in [-0.2, 0) is 21.2 Å². The lowest BCUT2D eigenvalue weighted by Crippen LogP contribution is -2.40. The Hall–Kier alpha value is -3.89. The number of carbonyl (C=O) groups is 1. The summed E-state index contributed by atoms with van der Waals surface area (Å²) >= 11 is 0. The van der Waals surface area contributed by atoms with Gasteiger partial charge in [-0.1, -0.05) is 30.3 Å². The molecule has 10 heteroatoms. The fourth-order valence-corrected chi connectivity index (χ4v) is 4.99. The van der Waals surface area contributed by atoms with Crippen LogP contribution in [0.15, 0.2) is 82.8 Å². The van der Waals surface area contributed by atoms with E-state index in [-0.39, 0.29) is 11.4 Å². The van der Waals surface area contributed by atoms with Crippen molar-refractivity contribution in [3.05, 3.63) is 83.9 Å². The highest BCUT2D eigenvalue weighted by Crippen LogP contribution is 2.33. The van der Waals surface area contributed by atoms with Gasteiger partial charge in [0.25, 0.3) is 5.91 Å². The summed E-state index contributed by atoms with van der Waals surface area (Å²) in [5, 5.41) is 3.96. The highest BCUT2D eigenvalue weighted by Gasteiger charge is 2.28. The lowest BCUT2D eigenvalue weighted by atomic mass is 10.1. The molecule has 3 aromatic rings. The van der Waals surface area contributed by atoms with E-state index < -0.39 is 22.5 Å². The van der Waals surface area contributed by atoms with E-state index in [1.165, 1.54) is 18.3 Å². The van der Waals surface area contributed by atoms with Gasteiger partial charge < -0.3 is 14.2 Å². The number of rotatable bonds is 10. The SMILES string of the molecule is COc1ccc(/C=N\NC(=O)CN(CCc2ccccc2)S(=O)(=O)c2ccc3c(c2)OCCO3)cc1. The monoisotopic (exact) mass is 509 g/mol. The van der Waals surface area contributed by atoms with E-state index in [0.29, 0.717) is 36.9 Å². The van der Waals surface area contributed by atoms with E-state index in [1.54, 1.807) is 37.4 Å². The Balaban J connectivity index is 1.49. The smallest absolute Gasteiger partial charge is 0.255 e. The zero-order valence-electron chi connectivity index (χ0n) is 19.8. The molecule has 0 saturated heterocycles. The van der Waals surface area contributed by atoms with Crippen LogP contribution in [0.2, 0.25) is 0 Å². The fourth-order valence-electron chi connectivity index (χ4n) is 3.58. The molecule has 0 aromatic heterocycles. The van der Waals surface area contributed by atoms with Crippen molar-refractivity contribution in [1.29, 1.82) is 0 Å². The standard InChI is InChI=1S/C26H27N3O6S/c1-33-22-9-7-21(8-10-22)18-27-28-26(30)19-29(14-13-20-5-3-2-4-6-20)36(31,32)23-11-12-24-25(17-23)35-16-15-34-24/h2-12,17-18H,13-16,19H2,1H3,(H,28,30)/b27-18-. The first-order valence-corrected chi connectivity index (χ1v) is 12.8. The molecule has 9 nitrogen and oxygen atoms in total. The molecule has 0 unspecified atom stereocenters. The molecule has 0 saturated carbocycles. The van der Waals surface area contributed by atoms with Crippen LogP contribution in [0, 0.1) is 0 Å². The molecule has 1 aliphatic heterocycles. The Kier molecular flexibility index (Phi) is 8.19. The van der Waals surface area contributed by atoms with E-state index >= 15 is 0 Å². The zero-order chi connectivity index (χ0) is 25.4. The number of methoxy groups -OCH3 is 1. The van der Waals surface area contributed by atoms with Gasteiger partial charge in [-0.05, 0) is 53.9 Å². The molecule has 0 atom stereocenters. The third kappa shape index (κ3) is 6.41. The summed E-state index contributed by atoms with van der Waals surface area (Å²) in [5.41, 5.74) is 4.12. The molecule has 1 heterocycles. The van der Waals surface area contributed by atoms with Gasteiger partial charge in [-0.15, -0.1) is 0 Å². The maximum atomic E-state index is 13.5. The number of sulfonamides is 1. The molecule has 3 aromatic carbocycles. The number of amides is 1. The fraction of sp³-hybridized carbons (Fsp3) is 0.231. The van der Waals surface area contributed by atoms with Gasteiger partial charge >= 0.3 is 0 Å². The zero-order valence-corrected chi connectivity index (χ0v) is 20.6. The van der Waals surface area contributed by atoms with Crippen molar-refractivity contribution >= 4 is 22.1 Å². The Morgan fingerprint density at radius 3 is 2.47 bits per heavy atom. The van der Waals surface area contributed by atoms with E-state index in [4.69, 9.17) is 14.2 Å². The van der Waals surface area contributed by atoms with E-state index in [1.807, 2.05) is 30.3 Å². The summed E-state index contributed by atoms with van der Waals surface area (Å²) in [6.07, 6.45) is 1.91. The summed E-state index contributed by atoms with van der Waals surface area (Å²) in [7, 11) is -2.44. The minimum Gasteiger partial charge on any atom is -0.497 e. The van der Waals surface area contributed by atoms with Crippen LogP contribution in [-0.4, -0.2) is 58.3 Å². The average Bonchev–Trinajstić information content (AvgIpc) is 2.91. The Labute approximate surface area is 210 Å². The third-order valence-corrected chi connectivity index (χ3v) is 7.32. The number of ether oxygens (including phenoxy) is 3. The number of benzene rings is 3. The van der Waals surface area contributed by atoms with Gasteiger partial charge in [0.15, 0.2) is 11.5 Å². The molecule has 4 rings (SSSR count). The van der Waals surface area contributed by atoms with Crippen LogP contribution in [0.5, 0.6) is 17.2 Å². The van der Waals surface area contributed by atoms with Crippen molar-refractivity contribution < 1.29 is 27.4 Å². The minimum absolute atomic E-state index is 0.0225. The Morgan fingerprint density at radius 2 is 1.75 bits per heavy atom. The third-order valence-electron chi connectivity index (χ3n) is 5.48. The van der Waals surface area contributed by atoms with Gasteiger partial charge in [0.2, 0.25) is 10.0 Å². The normalized spacial score (nSPS) is 13.1. The number of nitrogens with zero attached hydrogens (tertiary/aromatic N) is 2. The number of hydrazone groups is 1. The van der Waals surface area contributed by atoms with Crippen molar-refractivity contribution in [2.24, 2.45) is 5.10 Å². The second-order valence-electron chi connectivity index (χ2n) is 7.95. The van der Waals surface area contributed by atoms with Crippen LogP contribution in [0.3, 0.4) is 0 Å². The van der Waals surface area contributed by atoms with Gasteiger partial charge in [0, 0.05) is 12.6 Å². The van der Waals surface area contributed by atoms with E-state index in [0.717, 1.165) is 15.4 Å². The summed E-state index contributed by atoms with van der Waals surface area (Å²) in [4.78, 5) is 12.7. The molecule has 0 spiro atoms. The van der Waals surface area contributed by atoms with Gasteiger partial charge in [0.05, 0.1) is 24.8 Å². The predicted octanol–water partition coefficient (Wildman–Crippen LogP) is 2.85. The van der Waals surface area contributed by atoms with Crippen LogP contribution < -0.4 is 19.6 Å². The largest absolute Gasteiger partial charge is 0.497 e. The summed E-state index contributed by atoms with van der Waals surface area (Å²) in [6.45, 7) is 0.447. The summed E-state index contributed by atoms with van der Waals surface area (Å²) < 4.78 is 44.4. The van der Waals surface area contributed by atoms with Gasteiger partial charge in [-0.2, -0.15) is 9.41 Å². The summed E-state index contributed by atoms with van der Waals surface area (Å²) in [5.74, 6) is 0.990.